The van der Waals surface area contributed by atoms with Crippen LogP contribution in [0.15, 0.2) is 114 Å². The third kappa shape index (κ3) is 5.51. The molecule has 0 spiro atoms. The molecule has 2 N–H and O–H groups in total. The highest BCUT2D eigenvalue weighted by Gasteiger charge is 2.24. The minimum Gasteiger partial charge on any atom is -0.493 e. The first kappa shape index (κ1) is 26.6. The molecule has 0 fully saturated rings. The molecule has 0 aliphatic carbocycles. The number of nitrogens with one attached hydrogen (secondary N) is 2. The van der Waals surface area contributed by atoms with E-state index >= 15 is 0 Å². The molecule has 0 aliphatic rings. The van der Waals surface area contributed by atoms with Crippen LogP contribution >= 0.6 is 0 Å². The first-order valence-corrected chi connectivity index (χ1v) is 13.4. The van der Waals surface area contributed by atoms with E-state index in [0.29, 0.717) is 52.8 Å². The van der Waals surface area contributed by atoms with Gasteiger partial charge < -0.3 is 24.2 Å². The Hall–Kier alpha value is -5.63. The van der Waals surface area contributed by atoms with Crippen LogP contribution in [-0.2, 0) is 13.2 Å². The molecule has 0 radical (unpaired) electrons. The number of nitrogens with zero attached hydrogens (tertiary/aromatic N) is 1. The summed E-state index contributed by atoms with van der Waals surface area (Å²) in [6.45, 7) is 0.781. The number of ether oxygens (including phenoxy) is 3. The summed E-state index contributed by atoms with van der Waals surface area (Å²) >= 11 is 0. The van der Waals surface area contributed by atoms with E-state index < -0.39 is 0 Å². The summed E-state index contributed by atoms with van der Waals surface area (Å²) < 4.78 is 17.5. The van der Waals surface area contributed by atoms with Gasteiger partial charge in [0.25, 0.3) is 5.56 Å². The molecule has 0 amide bonds. The number of benzene rings is 4. The quantitative estimate of drug-likeness (QED) is 0.191. The van der Waals surface area contributed by atoms with Crippen molar-refractivity contribution in [3.05, 3.63) is 142 Å². The predicted octanol–water partition coefficient (Wildman–Crippen LogP) is 6.32. The SMILES string of the molecule is COc1cc(-c2c(C(=O)c3ccc(OCc4ccccc4)cc3)[nH]c3nc[nH]c(=O)c23)ccc1OCc1ccccc1. The zero-order valence-electron chi connectivity index (χ0n) is 22.8. The van der Waals surface area contributed by atoms with Crippen molar-refractivity contribution in [2.75, 3.05) is 7.11 Å². The highest BCUT2D eigenvalue weighted by molar-refractivity contribution is 6.16. The fraction of sp³-hybridized carbons (Fsp3) is 0.0882. The van der Waals surface area contributed by atoms with Gasteiger partial charge in [0.15, 0.2) is 11.5 Å². The number of H-pyrrole nitrogens is 2. The molecular weight excluding hydrogens is 530 g/mol. The van der Waals surface area contributed by atoms with E-state index in [1.54, 1.807) is 49.6 Å². The average Bonchev–Trinajstić information content (AvgIpc) is 3.44. The topological polar surface area (TPSA) is 106 Å². The standard InChI is InChI=1S/C34H27N3O5/c1-40-28-18-25(14-17-27(28)42-20-23-10-6-3-7-11-23)29-30-33(35-21-36-34(30)39)37-31(29)32(38)24-12-15-26(16-13-24)41-19-22-8-4-2-5-9-22/h2-18,21H,19-20H2,1H3,(H2,35,36,37,39). The molecule has 0 unspecified atom stereocenters. The van der Waals surface area contributed by atoms with E-state index in [9.17, 15) is 9.59 Å². The highest BCUT2D eigenvalue weighted by atomic mass is 16.5. The van der Waals surface area contributed by atoms with Crippen molar-refractivity contribution in [1.29, 1.82) is 0 Å². The number of aromatic nitrogens is 3. The molecule has 8 heteroatoms. The minimum atomic E-state index is -0.363. The summed E-state index contributed by atoms with van der Waals surface area (Å²) in [5.41, 5.74) is 3.72. The number of carbonyl (C=O) groups excluding carboxylic acids is 1. The van der Waals surface area contributed by atoms with Gasteiger partial charge in [-0.1, -0.05) is 66.7 Å². The summed E-state index contributed by atoms with van der Waals surface area (Å²) in [4.78, 5) is 36.8. The smallest absolute Gasteiger partial charge is 0.260 e. The van der Waals surface area contributed by atoms with Gasteiger partial charge in [-0.2, -0.15) is 0 Å². The largest absolute Gasteiger partial charge is 0.493 e. The Labute approximate surface area is 241 Å². The normalized spacial score (nSPS) is 10.9. The van der Waals surface area contributed by atoms with Crippen LogP contribution in [0.2, 0.25) is 0 Å². The highest BCUT2D eigenvalue weighted by Crippen LogP contribution is 2.37. The second-order valence-electron chi connectivity index (χ2n) is 9.60. The zero-order chi connectivity index (χ0) is 28.9. The maximum atomic E-state index is 13.8. The Bertz CT molecular complexity index is 1900. The Morgan fingerprint density at radius 2 is 1.45 bits per heavy atom. The van der Waals surface area contributed by atoms with Gasteiger partial charge in [-0.3, -0.25) is 9.59 Å². The number of methoxy groups -OCH3 is 1. The molecule has 42 heavy (non-hydrogen) atoms. The summed E-state index contributed by atoms with van der Waals surface area (Å²) in [5.74, 6) is 1.36. The van der Waals surface area contributed by atoms with E-state index in [1.807, 2.05) is 60.7 Å². The Kier molecular flexibility index (Phi) is 7.50. The third-order valence-electron chi connectivity index (χ3n) is 6.88. The fourth-order valence-corrected chi connectivity index (χ4v) is 4.76. The monoisotopic (exact) mass is 557 g/mol. The summed E-state index contributed by atoms with van der Waals surface area (Å²) in [6.07, 6.45) is 1.30. The number of hydrogen-bond donors (Lipinski definition) is 2. The molecule has 2 aromatic heterocycles. The van der Waals surface area contributed by atoms with Gasteiger partial charge in [0.05, 0.1) is 24.5 Å². The van der Waals surface area contributed by atoms with Crippen LogP contribution in [0.3, 0.4) is 0 Å². The van der Waals surface area contributed by atoms with E-state index in [4.69, 9.17) is 14.2 Å². The molecule has 6 aromatic rings. The summed E-state index contributed by atoms with van der Waals surface area (Å²) in [7, 11) is 1.55. The van der Waals surface area contributed by atoms with Gasteiger partial charge in [-0.15, -0.1) is 0 Å². The number of aromatic amines is 2. The number of rotatable bonds is 10. The fourth-order valence-electron chi connectivity index (χ4n) is 4.76. The summed E-state index contributed by atoms with van der Waals surface area (Å²) in [6, 6.07) is 31.9. The van der Waals surface area contributed by atoms with Crippen LogP contribution in [0.1, 0.15) is 27.2 Å². The lowest BCUT2D eigenvalue weighted by Gasteiger charge is -2.13. The first-order chi connectivity index (χ1) is 20.6. The number of carbonyl (C=O) groups is 1. The third-order valence-corrected chi connectivity index (χ3v) is 6.88. The van der Waals surface area contributed by atoms with Gasteiger partial charge in [-0.05, 0) is 53.1 Å². The Morgan fingerprint density at radius 3 is 2.12 bits per heavy atom. The molecule has 0 saturated carbocycles. The minimum absolute atomic E-state index is 0.243. The molecule has 8 nitrogen and oxygen atoms in total. The van der Waals surface area contributed by atoms with Gasteiger partial charge in [0, 0.05) is 11.1 Å². The molecule has 4 aromatic carbocycles. The number of ketones is 1. The molecular formula is C34H27N3O5. The Balaban J connectivity index is 1.32. The molecule has 6 rings (SSSR count). The van der Waals surface area contributed by atoms with Crippen molar-refractivity contribution < 1.29 is 19.0 Å². The molecule has 0 aliphatic heterocycles. The molecule has 2 heterocycles. The van der Waals surface area contributed by atoms with Gasteiger partial charge in [-0.25, -0.2) is 4.98 Å². The van der Waals surface area contributed by atoms with Crippen LogP contribution in [0.25, 0.3) is 22.2 Å². The van der Waals surface area contributed by atoms with Crippen LogP contribution in [-0.4, -0.2) is 27.8 Å². The molecule has 0 bridgehead atoms. The molecule has 208 valence electrons. The summed E-state index contributed by atoms with van der Waals surface area (Å²) in [5, 5.41) is 0.281. The van der Waals surface area contributed by atoms with Gasteiger partial charge in [0.2, 0.25) is 5.78 Å². The Morgan fingerprint density at radius 1 is 0.786 bits per heavy atom. The van der Waals surface area contributed by atoms with Crippen LogP contribution in [0.4, 0.5) is 0 Å². The lowest BCUT2D eigenvalue weighted by molar-refractivity contribution is 0.103. The van der Waals surface area contributed by atoms with Crippen molar-refractivity contribution in [3.8, 4) is 28.4 Å². The van der Waals surface area contributed by atoms with E-state index in [1.165, 1.54) is 6.33 Å². The lowest BCUT2D eigenvalue weighted by Crippen LogP contribution is -2.07. The van der Waals surface area contributed by atoms with Gasteiger partial charge in [0.1, 0.15) is 24.6 Å². The van der Waals surface area contributed by atoms with Crippen molar-refractivity contribution in [2.24, 2.45) is 0 Å². The van der Waals surface area contributed by atoms with Crippen molar-refractivity contribution in [3.63, 3.8) is 0 Å². The van der Waals surface area contributed by atoms with Crippen LogP contribution < -0.4 is 19.8 Å². The van der Waals surface area contributed by atoms with E-state index in [0.717, 1.165) is 11.1 Å². The number of hydrogen-bond acceptors (Lipinski definition) is 6. The van der Waals surface area contributed by atoms with Crippen LogP contribution in [0, 0.1) is 0 Å². The van der Waals surface area contributed by atoms with Crippen molar-refractivity contribution in [2.45, 2.75) is 13.2 Å². The second-order valence-corrected chi connectivity index (χ2v) is 9.60. The molecule has 0 atom stereocenters. The van der Waals surface area contributed by atoms with Crippen molar-refractivity contribution in [1.82, 2.24) is 15.0 Å². The zero-order valence-corrected chi connectivity index (χ0v) is 22.8. The van der Waals surface area contributed by atoms with Crippen molar-refractivity contribution >= 4 is 16.8 Å². The van der Waals surface area contributed by atoms with E-state index in [-0.39, 0.29) is 22.4 Å². The maximum absolute atomic E-state index is 13.8. The first-order valence-electron chi connectivity index (χ1n) is 13.4. The van der Waals surface area contributed by atoms with E-state index in [2.05, 4.69) is 15.0 Å². The number of fused-ring (bicyclic) bond motifs is 1. The lowest BCUT2D eigenvalue weighted by atomic mass is 9.98. The predicted molar refractivity (Wildman–Crippen MR) is 160 cm³/mol. The maximum Gasteiger partial charge on any atom is 0.260 e. The second kappa shape index (κ2) is 11.9. The van der Waals surface area contributed by atoms with Crippen LogP contribution in [0.5, 0.6) is 17.2 Å². The average molecular weight is 558 g/mol. The molecule has 0 saturated heterocycles. The van der Waals surface area contributed by atoms with Gasteiger partial charge >= 0.3 is 0 Å².